The van der Waals surface area contributed by atoms with Gasteiger partial charge in [0.25, 0.3) is 0 Å². The summed E-state index contributed by atoms with van der Waals surface area (Å²) in [4.78, 5) is 91.5. The van der Waals surface area contributed by atoms with E-state index in [-0.39, 0.29) is 53.9 Å². The fraction of sp³-hybridized carbons (Fsp3) is 0.310. The van der Waals surface area contributed by atoms with Crippen molar-refractivity contribution in [1.29, 1.82) is 15.8 Å². The van der Waals surface area contributed by atoms with Gasteiger partial charge < -0.3 is 80.4 Å². The topological polar surface area (TPSA) is 382 Å². The minimum Gasteiger partial charge on any atom is -0.497 e. The number of carbonyl (C=O) groups excluding carboxylic acids is 7. The monoisotopic (exact) mass is 1490 g/mol. The summed E-state index contributed by atoms with van der Waals surface area (Å²) in [5.74, 6) is 3.61. The Morgan fingerprint density at radius 3 is 1.16 bits per heavy atom. The number of nitriles is 3. The van der Waals surface area contributed by atoms with E-state index in [1.54, 1.807) is 133 Å². The van der Waals surface area contributed by atoms with E-state index in [0.717, 1.165) is 40.8 Å². The second-order valence-corrected chi connectivity index (χ2v) is 26.0. The number of amides is 7. The molecular weight excluding hydrogens is 1400 g/mol. The van der Waals surface area contributed by atoms with Crippen molar-refractivity contribution >= 4 is 69.8 Å². The number of methoxy groups -OCH3 is 4. The van der Waals surface area contributed by atoms with E-state index in [1.807, 2.05) is 97.9 Å². The van der Waals surface area contributed by atoms with E-state index in [1.165, 1.54) is 0 Å². The smallest absolute Gasteiger partial charge is 0.248 e. The Balaban J connectivity index is 0.000000169. The number of carbonyl (C=O) groups is 7. The fourth-order valence-electron chi connectivity index (χ4n) is 13.3. The zero-order valence-corrected chi connectivity index (χ0v) is 62.1. The van der Waals surface area contributed by atoms with Gasteiger partial charge in [0.1, 0.15) is 40.6 Å². The van der Waals surface area contributed by atoms with Crippen LogP contribution < -0.4 is 80.4 Å². The molecule has 4 heterocycles. The zero-order chi connectivity index (χ0) is 78.8. The van der Waals surface area contributed by atoms with Gasteiger partial charge in [-0.1, -0.05) is 48.5 Å². The van der Waals surface area contributed by atoms with Crippen LogP contribution in [0.3, 0.4) is 0 Å². The number of anilines is 5. The van der Waals surface area contributed by atoms with Gasteiger partial charge >= 0.3 is 0 Å². The lowest BCUT2D eigenvalue weighted by Crippen LogP contribution is -2.25. The average molecular weight is 1490 g/mol. The maximum absolute atomic E-state index is 12.7. The molecule has 0 saturated carbocycles. The first kappa shape index (κ1) is 80.8. The van der Waals surface area contributed by atoms with Crippen LogP contribution in [0.15, 0.2) is 170 Å². The van der Waals surface area contributed by atoms with Gasteiger partial charge in [0.2, 0.25) is 41.4 Å². The lowest BCUT2D eigenvalue weighted by molar-refractivity contribution is -0.118. The van der Waals surface area contributed by atoms with Gasteiger partial charge in [-0.15, -0.1) is 0 Å². The molecule has 4 aliphatic heterocycles. The van der Waals surface area contributed by atoms with Crippen LogP contribution in [-0.2, 0) is 19.2 Å². The number of hydrogen-bond acceptors (Lipinski definition) is 19. The number of nitrogen functional groups attached to an aromatic ring is 1. The van der Waals surface area contributed by atoms with Gasteiger partial charge in [-0.2, -0.15) is 15.8 Å². The van der Waals surface area contributed by atoms with E-state index < -0.39 is 17.7 Å². The Kier molecular flexibility index (Phi) is 28.9. The summed E-state index contributed by atoms with van der Waals surface area (Å²) >= 11 is 0. The Bertz CT molecular complexity index is 4760. The molecule has 110 heavy (non-hydrogen) atoms. The quantitative estimate of drug-likeness (QED) is 0.0261. The van der Waals surface area contributed by atoms with E-state index >= 15 is 0 Å². The third kappa shape index (κ3) is 21.1. The number of nitrogens with zero attached hydrogens (tertiary/aromatic N) is 7. The number of nitrogens with two attached hydrogens (primary N) is 4. The normalized spacial score (nSPS) is 16.1. The predicted octanol–water partition coefficient (Wildman–Crippen LogP) is 11.8. The molecule has 0 spiro atoms. The minimum absolute atomic E-state index is 0.0163. The van der Waals surface area contributed by atoms with Crippen molar-refractivity contribution < 1.29 is 71.5 Å². The van der Waals surface area contributed by atoms with Crippen molar-refractivity contribution in [2.24, 2.45) is 17.2 Å². The van der Waals surface area contributed by atoms with Gasteiger partial charge in [0, 0.05) is 152 Å². The van der Waals surface area contributed by atoms with Crippen molar-refractivity contribution in [3.8, 4) is 64.2 Å². The van der Waals surface area contributed by atoms with Crippen molar-refractivity contribution in [1.82, 2.24) is 0 Å². The van der Waals surface area contributed by atoms with Crippen LogP contribution in [0.1, 0.15) is 142 Å². The molecule has 0 aliphatic carbocycles. The third-order valence-electron chi connectivity index (χ3n) is 18.9. The SMILES string of the molecule is CCOc1cc([C@H]2CC(=O)N(c3cccc(N)c3)C2)ccc1OC.COc1ccc(C2CC(=O)N(c3cccc(C(N)=O)c3)C2)c(OCC#N)c1.COc1ccc(C2CC(=O)N(c3cccc(C(N)=O)c3)C2)c(OCCCC#N)c1.COc1ccc(C2CC(=O)N(c3cccc(C(N)=O)c3)C2)c(OCCCCC#N)c1. The second kappa shape index (κ2) is 39.4. The summed E-state index contributed by atoms with van der Waals surface area (Å²) in [6, 6.07) is 56.3. The van der Waals surface area contributed by atoms with Crippen molar-refractivity contribution in [2.75, 3.05) is 106 Å². The zero-order valence-electron chi connectivity index (χ0n) is 62.1. The Hall–Kier alpha value is -13.3. The average Bonchev–Trinajstić information content (AvgIpc) is 1.67. The molecule has 8 aromatic rings. The molecule has 12 rings (SSSR count). The lowest BCUT2D eigenvalue weighted by atomic mass is 9.97. The predicted molar refractivity (Wildman–Crippen MR) is 414 cm³/mol. The molecular formula is C84H89N11O15. The molecule has 0 aromatic heterocycles. The molecule has 8 N–H and O–H groups in total. The van der Waals surface area contributed by atoms with Crippen LogP contribution in [0.25, 0.3) is 0 Å². The highest BCUT2D eigenvalue weighted by molar-refractivity contribution is 6.02. The highest BCUT2D eigenvalue weighted by Gasteiger charge is 2.38. The van der Waals surface area contributed by atoms with Crippen LogP contribution in [-0.4, -0.2) is 122 Å². The van der Waals surface area contributed by atoms with Gasteiger partial charge in [-0.25, -0.2) is 0 Å². The molecule has 3 unspecified atom stereocenters. The standard InChI is InChI=1S/C23H25N3O4.C22H23N3O4.C20H19N3O4.C19H22N2O3/c1-29-19-8-9-20(21(14-19)30-11-4-2-3-10-24)17-13-22(27)26(15-17)18-7-5-6-16(12-18)23(25)28;1-28-18-7-8-19(20(13-18)29-10-3-2-9-23)16-12-21(26)25(14-16)17-6-4-5-15(11-17)22(24)27;1-26-16-5-6-17(18(11-16)27-8-7-21)14-10-19(24)23(12-14)15-4-2-3-13(9-15)20(22)25;1-3-24-18-9-13(7-8-17(18)23-2)14-10-19(22)21(12-14)16-6-4-5-15(20)11-16/h5-9,12,14,17H,2-4,11,13,15H2,1H3,(H2,25,28);4-8,11,13,16H,2-3,10,12,14H2,1H3,(H2,24,27);2-6,9,11,14H,8,10,12H2,1H3,(H2,22,25);4-9,11,14H,3,10,12,20H2,1-2H3/t;;;14-/m...0/s1. The van der Waals surface area contributed by atoms with Crippen LogP contribution in [0.5, 0.6) is 46.0 Å². The largest absolute Gasteiger partial charge is 0.497 e. The number of unbranched alkanes of at least 4 members (excludes halogenated alkanes) is 3. The maximum atomic E-state index is 12.7. The highest BCUT2D eigenvalue weighted by Crippen LogP contribution is 2.43. The number of benzene rings is 8. The molecule has 0 radical (unpaired) electrons. The molecule has 4 aliphatic rings. The van der Waals surface area contributed by atoms with E-state index in [9.17, 15) is 33.6 Å². The van der Waals surface area contributed by atoms with E-state index in [2.05, 4.69) is 12.1 Å². The first-order chi connectivity index (χ1) is 53.2. The molecule has 4 atom stereocenters. The summed E-state index contributed by atoms with van der Waals surface area (Å²) in [5, 5.41) is 26.2. The summed E-state index contributed by atoms with van der Waals surface area (Å²) in [7, 11) is 6.35. The molecule has 570 valence electrons. The van der Waals surface area contributed by atoms with Gasteiger partial charge in [-0.3, -0.25) is 33.6 Å². The maximum Gasteiger partial charge on any atom is 0.248 e. The summed E-state index contributed by atoms with van der Waals surface area (Å²) in [6.45, 7) is 5.36. The summed E-state index contributed by atoms with van der Waals surface area (Å²) < 4.78 is 44.2. The Labute approximate surface area is 639 Å². The third-order valence-corrected chi connectivity index (χ3v) is 18.9. The molecule has 4 fully saturated rings. The van der Waals surface area contributed by atoms with Crippen LogP contribution in [0, 0.1) is 34.0 Å². The number of rotatable bonds is 28. The molecule has 8 aromatic carbocycles. The Morgan fingerprint density at radius 2 is 0.782 bits per heavy atom. The summed E-state index contributed by atoms with van der Waals surface area (Å²) in [5.41, 5.74) is 30.2. The van der Waals surface area contributed by atoms with Crippen molar-refractivity contribution in [3.05, 3.63) is 209 Å². The highest BCUT2D eigenvalue weighted by atomic mass is 16.5. The molecule has 0 bridgehead atoms. The second-order valence-electron chi connectivity index (χ2n) is 26.0. The number of ether oxygens (including phenoxy) is 8. The van der Waals surface area contributed by atoms with Crippen molar-refractivity contribution in [2.45, 2.75) is 88.4 Å². The van der Waals surface area contributed by atoms with Crippen LogP contribution >= 0.6 is 0 Å². The van der Waals surface area contributed by atoms with Crippen LogP contribution in [0.2, 0.25) is 0 Å². The lowest BCUT2D eigenvalue weighted by Gasteiger charge is -2.19. The molecule has 26 heteroatoms. The Morgan fingerprint density at radius 1 is 0.400 bits per heavy atom. The van der Waals surface area contributed by atoms with Gasteiger partial charge in [0.05, 0.1) is 60.4 Å². The first-order valence-corrected chi connectivity index (χ1v) is 35.8. The van der Waals surface area contributed by atoms with Crippen LogP contribution in [0.4, 0.5) is 28.4 Å². The first-order valence-electron chi connectivity index (χ1n) is 35.8. The molecule has 7 amide bonds. The molecule has 26 nitrogen and oxygen atoms in total. The van der Waals surface area contributed by atoms with Crippen molar-refractivity contribution in [3.63, 3.8) is 0 Å². The number of primary amides is 3. The molecule has 4 saturated heterocycles. The number of hydrogen-bond donors (Lipinski definition) is 4. The van der Waals surface area contributed by atoms with E-state index in [4.69, 9.17) is 76.6 Å². The van der Waals surface area contributed by atoms with E-state index in [0.29, 0.717) is 176 Å². The fourth-order valence-corrected chi connectivity index (χ4v) is 13.3. The summed E-state index contributed by atoms with van der Waals surface area (Å²) in [6.07, 6.45) is 4.57. The van der Waals surface area contributed by atoms with Gasteiger partial charge in [-0.05, 0) is 152 Å². The minimum atomic E-state index is -0.539. The van der Waals surface area contributed by atoms with Gasteiger partial charge in [0.15, 0.2) is 18.1 Å².